The number of benzene rings is 1. The maximum Gasteiger partial charge on any atom is 0.323 e. The fourth-order valence-corrected chi connectivity index (χ4v) is 2.10. The largest absolute Gasteiger partial charge is 0.494 e. The van der Waals surface area contributed by atoms with Gasteiger partial charge in [0, 0.05) is 12.6 Å². The van der Waals surface area contributed by atoms with Gasteiger partial charge in [-0.3, -0.25) is 4.79 Å². The van der Waals surface area contributed by atoms with Crippen LogP contribution in [0.5, 0.6) is 5.75 Å². The Kier molecular flexibility index (Phi) is 5.03. The molecule has 2 N–H and O–H groups in total. The second kappa shape index (κ2) is 6.97. The van der Waals surface area contributed by atoms with Gasteiger partial charge in [-0.2, -0.15) is 0 Å². The van der Waals surface area contributed by atoms with Crippen LogP contribution in [-0.2, 0) is 11.3 Å². The monoisotopic (exact) mass is 292 g/mol. The average molecular weight is 292 g/mol. The lowest BCUT2D eigenvalue weighted by molar-refractivity contribution is -0.135. The summed E-state index contributed by atoms with van der Waals surface area (Å²) in [5, 5.41) is 11.1. The molecule has 0 saturated heterocycles. The van der Waals surface area contributed by atoms with Crippen molar-refractivity contribution in [2.75, 3.05) is 13.2 Å². The summed E-state index contributed by atoms with van der Waals surface area (Å²) < 4.78 is 5.45. The van der Waals surface area contributed by atoms with Crippen LogP contribution in [0.3, 0.4) is 0 Å². The van der Waals surface area contributed by atoms with Crippen LogP contribution in [0.15, 0.2) is 24.3 Å². The lowest BCUT2D eigenvalue weighted by Gasteiger charge is -2.22. The number of aliphatic carboxylic acids is 1. The molecular formula is C15H20N2O4. The van der Waals surface area contributed by atoms with E-state index in [-0.39, 0.29) is 18.6 Å². The number of hydrogen-bond acceptors (Lipinski definition) is 3. The van der Waals surface area contributed by atoms with E-state index in [2.05, 4.69) is 5.32 Å². The first-order valence-corrected chi connectivity index (χ1v) is 7.08. The highest BCUT2D eigenvalue weighted by atomic mass is 16.5. The molecule has 1 aromatic rings. The van der Waals surface area contributed by atoms with Crippen molar-refractivity contribution in [3.8, 4) is 5.75 Å². The van der Waals surface area contributed by atoms with Gasteiger partial charge in [0.2, 0.25) is 0 Å². The molecular weight excluding hydrogens is 272 g/mol. The number of nitrogens with zero attached hydrogens (tertiary/aromatic N) is 1. The summed E-state index contributed by atoms with van der Waals surface area (Å²) in [6.07, 6.45) is 1.93. The first-order chi connectivity index (χ1) is 10.1. The molecule has 1 saturated carbocycles. The highest BCUT2D eigenvalue weighted by Gasteiger charge is 2.32. The van der Waals surface area contributed by atoms with Crippen LogP contribution in [-0.4, -0.2) is 41.2 Å². The maximum absolute atomic E-state index is 12.1. The molecule has 1 fully saturated rings. The molecule has 0 unspecified atom stereocenters. The van der Waals surface area contributed by atoms with Crippen molar-refractivity contribution >= 4 is 12.0 Å². The van der Waals surface area contributed by atoms with Crippen molar-refractivity contribution in [3.05, 3.63) is 29.8 Å². The number of carbonyl (C=O) groups excluding carboxylic acids is 1. The summed E-state index contributed by atoms with van der Waals surface area (Å²) in [6.45, 7) is 2.61. The number of hydrogen-bond donors (Lipinski definition) is 2. The normalized spacial score (nSPS) is 13.6. The van der Waals surface area contributed by atoms with E-state index in [1.54, 1.807) is 4.90 Å². The summed E-state index contributed by atoms with van der Waals surface area (Å²) >= 11 is 0. The first kappa shape index (κ1) is 15.2. The van der Waals surface area contributed by atoms with Crippen LogP contribution in [0, 0.1) is 0 Å². The smallest absolute Gasteiger partial charge is 0.323 e. The van der Waals surface area contributed by atoms with E-state index >= 15 is 0 Å². The topological polar surface area (TPSA) is 78.9 Å². The van der Waals surface area contributed by atoms with Crippen molar-refractivity contribution in [1.29, 1.82) is 0 Å². The van der Waals surface area contributed by atoms with Crippen LogP contribution in [0.1, 0.15) is 25.3 Å². The number of amides is 2. The Morgan fingerprint density at radius 1 is 1.43 bits per heavy atom. The number of carboxylic acid groups (broad SMARTS) is 1. The number of ether oxygens (including phenoxy) is 1. The molecule has 0 bridgehead atoms. The molecule has 114 valence electrons. The molecule has 0 heterocycles. The fourth-order valence-electron chi connectivity index (χ4n) is 2.10. The van der Waals surface area contributed by atoms with Gasteiger partial charge in [-0.1, -0.05) is 12.1 Å². The molecule has 21 heavy (non-hydrogen) atoms. The molecule has 1 aromatic carbocycles. The summed E-state index contributed by atoms with van der Waals surface area (Å²) in [6, 6.07) is 7.47. The van der Waals surface area contributed by atoms with Gasteiger partial charge >= 0.3 is 12.0 Å². The minimum Gasteiger partial charge on any atom is -0.494 e. The molecule has 0 spiro atoms. The average Bonchev–Trinajstić information content (AvgIpc) is 3.27. The van der Waals surface area contributed by atoms with E-state index in [0.717, 1.165) is 24.2 Å². The Balaban J connectivity index is 2.00. The van der Waals surface area contributed by atoms with Gasteiger partial charge in [-0.05, 0) is 37.5 Å². The van der Waals surface area contributed by atoms with E-state index in [0.29, 0.717) is 13.2 Å². The second-order valence-electron chi connectivity index (χ2n) is 4.99. The number of carbonyl (C=O) groups is 2. The van der Waals surface area contributed by atoms with E-state index in [1.165, 1.54) is 0 Å². The molecule has 0 aromatic heterocycles. The lowest BCUT2D eigenvalue weighted by atomic mass is 10.2. The Morgan fingerprint density at radius 3 is 2.81 bits per heavy atom. The van der Waals surface area contributed by atoms with E-state index in [4.69, 9.17) is 9.84 Å². The zero-order valence-corrected chi connectivity index (χ0v) is 12.0. The van der Waals surface area contributed by atoms with Crippen molar-refractivity contribution in [2.24, 2.45) is 0 Å². The van der Waals surface area contributed by atoms with Crippen molar-refractivity contribution in [3.63, 3.8) is 0 Å². The molecule has 6 nitrogen and oxygen atoms in total. The summed E-state index contributed by atoms with van der Waals surface area (Å²) in [5.74, 6) is -0.269. The molecule has 2 rings (SSSR count). The van der Waals surface area contributed by atoms with Gasteiger partial charge in [0.15, 0.2) is 0 Å². The van der Waals surface area contributed by atoms with Crippen LogP contribution in [0.2, 0.25) is 0 Å². The van der Waals surface area contributed by atoms with E-state index < -0.39 is 5.97 Å². The van der Waals surface area contributed by atoms with Crippen molar-refractivity contribution < 1.29 is 19.4 Å². The Bertz CT molecular complexity index is 514. The molecule has 0 aliphatic heterocycles. The molecule has 6 heteroatoms. The highest BCUT2D eigenvalue weighted by Crippen LogP contribution is 2.28. The number of rotatable bonds is 7. The third kappa shape index (κ3) is 4.66. The number of nitrogens with one attached hydrogen (secondary N) is 1. The summed E-state index contributed by atoms with van der Waals surface area (Å²) in [5.41, 5.74) is 0.971. The van der Waals surface area contributed by atoms with E-state index in [1.807, 2.05) is 31.2 Å². The Labute approximate surface area is 123 Å². The van der Waals surface area contributed by atoms with E-state index in [9.17, 15) is 9.59 Å². The van der Waals surface area contributed by atoms with Gasteiger partial charge in [0.25, 0.3) is 0 Å². The maximum atomic E-state index is 12.1. The molecule has 1 aliphatic carbocycles. The van der Waals surface area contributed by atoms with Crippen LogP contribution < -0.4 is 10.1 Å². The minimum absolute atomic E-state index is 0.203. The Morgan fingerprint density at radius 2 is 2.19 bits per heavy atom. The minimum atomic E-state index is -1.04. The SMILES string of the molecule is CCOc1cccc(CN(C(=O)NCC(=O)O)C2CC2)c1. The Hall–Kier alpha value is -2.24. The standard InChI is InChI=1S/C15H20N2O4/c1-2-21-13-5-3-4-11(8-13)10-17(12-6-7-12)15(20)16-9-14(18)19/h3-5,8,12H,2,6-7,9-10H2,1H3,(H,16,20)(H,18,19). The van der Waals surface area contributed by atoms with Gasteiger partial charge in [-0.25, -0.2) is 4.79 Å². The first-order valence-electron chi connectivity index (χ1n) is 7.08. The highest BCUT2D eigenvalue weighted by molar-refractivity contribution is 5.80. The van der Waals surface area contributed by atoms with Gasteiger partial charge in [0.1, 0.15) is 12.3 Å². The summed E-state index contributed by atoms with van der Waals surface area (Å²) in [7, 11) is 0. The van der Waals surface area contributed by atoms with Gasteiger partial charge in [-0.15, -0.1) is 0 Å². The quantitative estimate of drug-likeness (QED) is 0.804. The molecule has 2 amide bonds. The van der Waals surface area contributed by atoms with Gasteiger partial charge in [0.05, 0.1) is 6.61 Å². The zero-order valence-electron chi connectivity index (χ0n) is 12.0. The van der Waals surface area contributed by atoms with Crippen LogP contribution >= 0.6 is 0 Å². The lowest BCUT2D eigenvalue weighted by Crippen LogP contribution is -2.42. The number of urea groups is 1. The van der Waals surface area contributed by atoms with Crippen LogP contribution in [0.4, 0.5) is 4.79 Å². The second-order valence-corrected chi connectivity index (χ2v) is 4.99. The van der Waals surface area contributed by atoms with Crippen LogP contribution in [0.25, 0.3) is 0 Å². The molecule has 0 radical (unpaired) electrons. The predicted octanol–water partition coefficient (Wildman–Crippen LogP) is 1.84. The predicted molar refractivity (Wildman–Crippen MR) is 77.2 cm³/mol. The fraction of sp³-hybridized carbons (Fsp3) is 0.467. The third-order valence-corrected chi connectivity index (χ3v) is 3.20. The zero-order chi connectivity index (χ0) is 15.2. The molecule has 0 atom stereocenters. The van der Waals surface area contributed by atoms with Gasteiger partial charge < -0.3 is 20.1 Å². The summed E-state index contributed by atoms with van der Waals surface area (Å²) in [4.78, 5) is 24.3. The molecule has 1 aliphatic rings. The third-order valence-electron chi connectivity index (χ3n) is 3.20. The van der Waals surface area contributed by atoms with Crippen molar-refractivity contribution in [1.82, 2.24) is 10.2 Å². The van der Waals surface area contributed by atoms with Crippen molar-refractivity contribution in [2.45, 2.75) is 32.4 Å². The number of carboxylic acids is 1.